The smallest absolute Gasteiger partial charge is 0.305 e. The number of hydrogen-bond acceptors (Lipinski definition) is 3. The maximum Gasteiger partial charge on any atom is 0.305 e. The zero-order chi connectivity index (χ0) is 13.2. The summed E-state index contributed by atoms with van der Waals surface area (Å²) in [4.78, 5) is 12.9. The minimum atomic E-state index is -0.803. The lowest BCUT2D eigenvalue weighted by atomic mass is 9.86. The van der Waals surface area contributed by atoms with Crippen molar-refractivity contribution >= 4 is 5.97 Å². The molecule has 5 heteroatoms. The zero-order valence-electron chi connectivity index (χ0n) is 10.3. The normalized spacial score (nSPS) is 17.5. The van der Waals surface area contributed by atoms with E-state index >= 15 is 0 Å². The molecule has 1 aromatic carbocycles. The molecule has 0 radical (unpaired) electrons. The molecule has 1 aromatic rings. The van der Waals surface area contributed by atoms with E-state index in [1.807, 2.05) is 18.0 Å². The first-order valence-electron chi connectivity index (χ1n) is 5.90. The van der Waals surface area contributed by atoms with E-state index in [0.29, 0.717) is 19.6 Å². The molecule has 2 rings (SSSR count). The highest BCUT2D eigenvalue weighted by Gasteiger charge is 2.42. The van der Waals surface area contributed by atoms with E-state index in [0.717, 1.165) is 5.56 Å². The predicted octanol–water partition coefficient (Wildman–Crippen LogP) is 1.07. The van der Waals surface area contributed by atoms with E-state index in [1.165, 1.54) is 12.1 Å². The molecule has 1 fully saturated rings. The van der Waals surface area contributed by atoms with Crippen molar-refractivity contribution in [2.45, 2.75) is 18.5 Å². The van der Waals surface area contributed by atoms with Crippen molar-refractivity contribution in [3.8, 4) is 0 Å². The first-order chi connectivity index (χ1) is 8.52. The molecule has 0 saturated carbocycles. The molecule has 18 heavy (non-hydrogen) atoms. The molecule has 1 saturated heterocycles. The van der Waals surface area contributed by atoms with Gasteiger partial charge in [0.1, 0.15) is 5.82 Å². The number of carboxylic acid groups (broad SMARTS) is 1. The molecule has 0 unspecified atom stereocenters. The van der Waals surface area contributed by atoms with E-state index < -0.39 is 5.97 Å². The molecule has 0 aromatic heterocycles. The zero-order valence-corrected chi connectivity index (χ0v) is 10.3. The Kier molecular flexibility index (Phi) is 3.63. The van der Waals surface area contributed by atoms with Gasteiger partial charge >= 0.3 is 5.97 Å². The summed E-state index contributed by atoms with van der Waals surface area (Å²) in [7, 11) is 1.88. The number of likely N-dealkylation sites (N-methyl/N-ethyl adjacent to an activating group) is 1. The molecule has 0 amide bonds. The summed E-state index contributed by atoms with van der Waals surface area (Å²) in [6.07, 6.45) is 0.103. The predicted molar refractivity (Wildman–Crippen MR) is 65.7 cm³/mol. The van der Waals surface area contributed by atoms with Crippen molar-refractivity contribution < 1.29 is 14.3 Å². The highest BCUT2D eigenvalue weighted by Crippen LogP contribution is 2.25. The molecular formula is C13H17FN2O2. The van der Waals surface area contributed by atoms with Crippen molar-refractivity contribution in [2.24, 2.45) is 0 Å². The van der Waals surface area contributed by atoms with Gasteiger partial charge < -0.3 is 10.4 Å². The monoisotopic (exact) mass is 252 g/mol. The van der Waals surface area contributed by atoms with Gasteiger partial charge in [0.15, 0.2) is 0 Å². The summed E-state index contributed by atoms with van der Waals surface area (Å²) in [5.41, 5.74) is 0.507. The van der Waals surface area contributed by atoms with Crippen LogP contribution in [0, 0.1) is 5.82 Å². The molecule has 1 heterocycles. The lowest BCUT2D eigenvalue weighted by Gasteiger charge is -2.48. The molecule has 0 spiro atoms. The third kappa shape index (κ3) is 2.68. The van der Waals surface area contributed by atoms with Gasteiger partial charge in [0.2, 0.25) is 0 Å². The first-order valence-corrected chi connectivity index (χ1v) is 5.90. The number of halogens is 1. The van der Waals surface area contributed by atoms with Gasteiger partial charge in [0.05, 0.1) is 12.0 Å². The third-order valence-corrected chi connectivity index (χ3v) is 3.51. The lowest BCUT2D eigenvalue weighted by molar-refractivity contribution is -0.141. The SMILES string of the molecule is CN(Cc1cccc(F)c1)C1(CC(=O)O)CNC1. The average molecular weight is 252 g/mol. The number of benzene rings is 1. The summed E-state index contributed by atoms with van der Waals surface area (Å²) in [5.74, 6) is -1.07. The summed E-state index contributed by atoms with van der Waals surface area (Å²) in [5, 5.41) is 12.1. The van der Waals surface area contributed by atoms with Crippen molar-refractivity contribution in [2.75, 3.05) is 20.1 Å². The van der Waals surface area contributed by atoms with Crippen molar-refractivity contribution in [3.63, 3.8) is 0 Å². The van der Waals surface area contributed by atoms with E-state index in [2.05, 4.69) is 5.32 Å². The Morgan fingerprint density at radius 3 is 2.78 bits per heavy atom. The largest absolute Gasteiger partial charge is 0.481 e. The minimum absolute atomic E-state index is 0.103. The summed E-state index contributed by atoms with van der Waals surface area (Å²) >= 11 is 0. The van der Waals surface area contributed by atoms with Gasteiger partial charge in [-0.15, -0.1) is 0 Å². The topological polar surface area (TPSA) is 52.6 Å². The van der Waals surface area contributed by atoms with Crippen LogP contribution in [0.25, 0.3) is 0 Å². The molecular weight excluding hydrogens is 235 g/mol. The van der Waals surface area contributed by atoms with Crippen molar-refractivity contribution in [1.29, 1.82) is 0 Å². The van der Waals surface area contributed by atoms with Gasteiger partial charge in [-0.25, -0.2) is 4.39 Å². The Hall–Kier alpha value is -1.46. The highest BCUT2D eigenvalue weighted by atomic mass is 19.1. The van der Waals surface area contributed by atoms with Gasteiger partial charge in [-0.05, 0) is 24.7 Å². The van der Waals surface area contributed by atoms with Crippen molar-refractivity contribution in [1.82, 2.24) is 10.2 Å². The average Bonchev–Trinajstić information content (AvgIpc) is 2.23. The van der Waals surface area contributed by atoms with Crippen LogP contribution in [0.1, 0.15) is 12.0 Å². The van der Waals surface area contributed by atoms with Crippen LogP contribution in [-0.4, -0.2) is 41.7 Å². The van der Waals surface area contributed by atoms with Gasteiger partial charge in [0, 0.05) is 19.6 Å². The van der Waals surface area contributed by atoms with E-state index in [4.69, 9.17) is 5.11 Å². The van der Waals surface area contributed by atoms with E-state index in [1.54, 1.807) is 6.07 Å². The Morgan fingerprint density at radius 2 is 2.28 bits per heavy atom. The van der Waals surface area contributed by atoms with Crippen LogP contribution in [-0.2, 0) is 11.3 Å². The van der Waals surface area contributed by atoms with Crippen molar-refractivity contribution in [3.05, 3.63) is 35.6 Å². The molecule has 1 aliphatic rings. The molecule has 0 aliphatic carbocycles. The number of carboxylic acids is 1. The fourth-order valence-corrected chi connectivity index (χ4v) is 2.30. The molecule has 98 valence electrons. The molecule has 4 nitrogen and oxygen atoms in total. The first kappa shape index (κ1) is 13.0. The number of nitrogens with one attached hydrogen (secondary N) is 1. The Morgan fingerprint density at radius 1 is 1.56 bits per heavy atom. The second-order valence-electron chi connectivity index (χ2n) is 4.88. The molecule has 1 aliphatic heterocycles. The maximum atomic E-state index is 13.1. The van der Waals surface area contributed by atoms with E-state index in [9.17, 15) is 9.18 Å². The van der Waals surface area contributed by atoms with Crippen LogP contribution < -0.4 is 5.32 Å². The number of carbonyl (C=O) groups is 1. The van der Waals surface area contributed by atoms with E-state index in [-0.39, 0.29) is 17.8 Å². The molecule has 0 bridgehead atoms. The molecule has 2 N–H and O–H groups in total. The van der Waals surface area contributed by atoms with Gasteiger partial charge in [-0.1, -0.05) is 12.1 Å². The van der Waals surface area contributed by atoms with Crippen LogP contribution in [0.4, 0.5) is 4.39 Å². The van der Waals surface area contributed by atoms with Gasteiger partial charge in [0.25, 0.3) is 0 Å². The van der Waals surface area contributed by atoms with Gasteiger partial charge in [-0.2, -0.15) is 0 Å². The summed E-state index contributed by atoms with van der Waals surface area (Å²) in [6.45, 7) is 1.86. The fraction of sp³-hybridized carbons (Fsp3) is 0.462. The number of aliphatic carboxylic acids is 1. The van der Waals surface area contributed by atoms with Crippen LogP contribution in [0.2, 0.25) is 0 Å². The Labute approximate surface area is 105 Å². The second kappa shape index (κ2) is 5.04. The standard InChI is InChI=1S/C13H17FN2O2/c1-16(7-10-3-2-4-11(14)5-10)13(6-12(17)18)8-15-9-13/h2-5,15H,6-9H2,1H3,(H,17,18). The maximum absolute atomic E-state index is 13.1. The van der Waals surface area contributed by atoms with Crippen LogP contribution >= 0.6 is 0 Å². The number of nitrogens with zero attached hydrogens (tertiary/aromatic N) is 1. The highest BCUT2D eigenvalue weighted by molar-refractivity contribution is 5.68. The van der Waals surface area contributed by atoms with Crippen LogP contribution in [0.15, 0.2) is 24.3 Å². The Balaban J connectivity index is 2.06. The van der Waals surface area contributed by atoms with Gasteiger partial charge in [-0.3, -0.25) is 9.69 Å². The quantitative estimate of drug-likeness (QED) is 0.823. The van der Waals surface area contributed by atoms with Crippen LogP contribution in [0.3, 0.4) is 0 Å². The second-order valence-corrected chi connectivity index (χ2v) is 4.88. The summed E-state index contributed by atoms with van der Waals surface area (Å²) < 4.78 is 13.1. The van der Waals surface area contributed by atoms with Crippen LogP contribution in [0.5, 0.6) is 0 Å². The minimum Gasteiger partial charge on any atom is -0.481 e. The number of hydrogen-bond donors (Lipinski definition) is 2. The Bertz CT molecular complexity index is 446. The third-order valence-electron chi connectivity index (χ3n) is 3.51. The summed E-state index contributed by atoms with van der Waals surface area (Å²) in [6, 6.07) is 6.40. The fourth-order valence-electron chi connectivity index (χ4n) is 2.30. The molecule has 0 atom stereocenters. The lowest BCUT2D eigenvalue weighted by Crippen LogP contribution is -2.68. The number of rotatable bonds is 5.